The van der Waals surface area contributed by atoms with Gasteiger partial charge in [-0.25, -0.2) is 13.1 Å². The summed E-state index contributed by atoms with van der Waals surface area (Å²) in [4.78, 5) is 17.0. The molecule has 1 saturated heterocycles. The molecular weight excluding hydrogens is 322 g/mol. The van der Waals surface area contributed by atoms with Crippen molar-refractivity contribution in [3.05, 3.63) is 22.4 Å². The van der Waals surface area contributed by atoms with Crippen LogP contribution in [0.5, 0.6) is 0 Å². The van der Waals surface area contributed by atoms with Crippen molar-refractivity contribution < 1.29 is 13.2 Å². The highest BCUT2D eigenvalue weighted by molar-refractivity contribution is 7.89. The lowest BCUT2D eigenvalue weighted by molar-refractivity contribution is 0.0645. The van der Waals surface area contributed by atoms with Crippen LogP contribution in [0.15, 0.2) is 17.5 Å². The number of carbonyl (C=O) groups excluding carboxylic acids is 1. The minimum Gasteiger partial charge on any atom is -0.335 e. The van der Waals surface area contributed by atoms with Crippen molar-refractivity contribution in [2.75, 3.05) is 45.0 Å². The summed E-state index contributed by atoms with van der Waals surface area (Å²) >= 11 is 1.47. The Bertz CT molecular complexity index is 564. The van der Waals surface area contributed by atoms with E-state index in [1.807, 2.05) is 29.3 Å². The first-order valence-electron chi connectivity index (χ1n) is 7.54. The summed E-state index contributed by atoms with van der Waals surface area (Å²) in [6.45, 7) is 5.92. The van der Waals surface area contributed by atoms with Gasteiger partial charge in [-0.15, -0.1) is 11.3 Å². The standard InChI is InChI=1S/C14H23N3O3S2/c1-2-12-22(19,20)15-5-6-16-7-9-17(10-8-16)14(18)13-4-3-11-21-13/h3-4,11,15H,2,5-10,12H2,1H3. The maximum Gasteiger partial charge on any atom is 0.264 e. The lowest BCUT2D eigenvalue weighted by atomic mass is 10.3. The van der Waals surface area contributed by atoms with Gasteiger partial charge in [-0.2, -0.15) is 0 Å². The van der Waals surface area contributed by atoms with E-state index in [1.54, 1.807) is 0 Å². The molecule has 0 atom stereocenters. The maximum absolute atomic E-state index is 12.2. The second-order valence-corrected chi connectivity index (χ2v) is 8.20. The lowest BCUT2D eigenvalue weighted by Crippen LogP contribution is -2.50. The first-order valence-corrected chi connectivity index (χ1v) is 10.1. The molecule has 6 nitrogen and oxygen atoms in total. The number of rotatable bonds is 7. The van der Waals surface area contributed by atoms with Crippen molar-refractivity contribution in [1.29, 1.82) is 0 Å². The van der Waals surface area contributed by atoms with Gasteiger partial charge in [0, 0.05) is 39.3 Å². The number of nitrogens with zero attached hydrogens (tertiary/aromatic N) is 2. The normalized spacial score (nSPS) is 16.9. The Hall–Kier alpha value is -0.960. The first-order chi connectivity index (χ1) is 10.5. The Labute approximate surface area is 136 Å². The molecule has 1 N–H and O–H groups in total. The number of thiophene rings is 1. The van der Waals surface area contributed by atoms with Crippen LogP contribution in [-0.4, -0.2) is 69.1 Å². The van der Waals surface area contributed by atoms with Gasteiger partial charge in [0.25, 0.3) is 5.91 Å². The van der Waals surface area contributed by atoms with Gasteiger partial charge in [-0.05, 0) is 17.9 Å². The summed E-state index contributed by atoms with van der Waals surface area (Å²) in [7, 11) is -3.13. The molecule has 0 radical (unpaired) electrons. The second-order valence-electron chi connectivity index (χ2n) is 5.32. The average molecular weight is 345 g/mol. The molecule has 124 valence electrons. The van der Waals surface area contributed by atoms with Gasteiger partial charge in [0.1, 0.15) is 0 Å². The van der Waals surface area contributed by atoms with Crippen LogP contribution in [-0.2, 0) is 10.0 Å². The van der Waals surface area contributed by atoms with Crippen molar-refractivity contribution in [3.8, 4) is 0 Å². The fourth-order valence-corrected chi connectivity index (χ4v) is 4.21. The fraction of sp³-hybridized carbons (Fsp3) is 0.643. The Balaban J connectivity index is 1.70. The van der Waals surface area contributed by atoms with Gasteiger partial charge in [-0.1, -0.05) is 13.0 Å². The molecule has 0 saturated carbocycles. The minimum absolute atomic E-state index is 0.0956. The number of piperazine rings is 1. The number of carbonyl (C=O) groups is 1. The molecule has 1 amide bonds. The molecule has 0 aliphatic carbocycles. The summed E-state index contributed by atoms with van der Waals surface area (Å²) in [5, 5.41) is 1.91. The van der Waals surface area contributed by atoms with Crippen LogP contribution >= 0.6 is 11.3 Å². The molecule has 2 heterocycles. The van der Waals surface area contributed by atoms with Crippen LogP contribution in [0.2, 0.25) is 0 Å². The average Bonchev–Trinajstić information content (AvgIpc) is 3.01. The number of sulfonamides is 1. The van der Waals surface area contributed by atoms with Gasteiger partial charge < -0.3 is 4.90 Å². The molecule has 1 aliphatic rings. The molecule has 2 rings (SSSR count). The molecule has 1 aromatic heterocycles. The van der Waals surface area contributed by atoms with E-state index in [0.717, 1.165) is 18.0 Å². The molecule has 0 spiro atoms. The Morgan fingerprint density at radius 2 is 2.05 bits per heavy atom. The van der Waals surface area contributed by atoms with Crippen LogP contribution in [0.1, 0.15) is 23.0 Å². The second kappa shape index (κ2) is 8.05. The molecule has 1 fully saturated rings. The van der Waals surface area contributed by atoms with Gasteiger partial charge >= 0.3 is 0 Å². The van der Waals surface area contributed by atoms with Gasteiger partial charge in [0.2, 0.25) is 10.0 Å². The quantitative estimate of drug-likeness (QED) is 0.795. The van der Waals surface area contributed by atoms with Crippen molar-refractivity contribution in [1.82, 2.24) is 14.5 Å². The number of hydrogen-bond acceptors (Lipinski definition) is 5. The highest BCUT2D eigenvalue weighted by atomic mass is 32.2. The Morgan fingerprint density at radius 3 is 2.64 bits per heavy atom. The minimum atomic E-state index is -3.13. The van der Waals surface area contributed by atoms with E-state index in [-0.39, 0.29) is 11.7 Å². The van der Waals surface area contributed by atoms with Crippen molar-refractivity contribution in [2.24, 2.45) is 0 Å². The topological polar surface area (TPSA) is 69.7 Å². The molecule has 1 aliphatic heterocycles. The highest BCUT2D eigenvalue weighted by Crippen LogP contribution is 2.13. The Morgan fingerprint density at radius 1 is 1.32 bits per heavy atom. The van der Waals surface area contributed by atoms with E-state index in [0.29, 0.717) is 32.6 Å². The first kappa shape index (κ1) is 17.4. The van der Waals surface area contributed by atoms with Crippen LogP contribution in [0.4, 0.5) is 0 Å². The summed E-state index contributed by atoms with van der Waals surface area (Å²) in [5.74, 6) is 0.272. The Kier molecular flexibility index (Phi) is 6.37. The molecular formula is C14H23N3O3S2. The maximum atomic E-state index is 12.2. The van der Waals surface area contributed by atoms with Crippen LogP contribution in [0.25, 0.3) is 0 Å². The third-order valence-electron chi connectivity index (χ3n) is 3.61. The zero-order valence-electron chi connectivity index (χ0n) is 12.8. The molecule has 0 unspecified atom stereocenters. The lowest BCUT2D eigenvalue weighted by Gasteiger charge is -2.34. The highest BCUT2D eigenvalue weighted by Gasteiger charge is 2.22. The largest absolute Gasteiger partial charge is 0.335 e. The van der Waals surface area contributed by atoms with Crippen molar-refractivity contribution in [2.45, 2.75) is 13.3 Å². The van der Waals surface area contributed by atoms with E-state index in [4.69, 9.17) is 0 Å². The van der Waals surface area contributed by atoms with Gasteiger partial charge in [0.15, 0.2) is 0 Å². The molecule has 8 heteroatoms. The van der Waals surface area contributed by atoms with Crippen LogP contribution in [0.3, 0.4) is 0 Å². The predicted octanol–water partition coefficient (Wildman–Crippen LogP) is 0.835. The van der Waals surface area contributed by atoms with E-state index in [9.17, 15) is 13.2 Å². The smallest absolute Gasteiger partial charge is 0.264 e. The third kappa shape index (κ3) is 5.05. The van der Waals surface area contributed by atoms with E-state index < -0.39 is 10.0 Å². The van der Waals surface area contributed by atoms with Gasteiger partial charge in [-0.3, -0.25) is 9.69 Å². The predicted molar refractivity (Wildman–Crippen MR) is 88.7 cm³/mol. The summed E-state index contributed by atoms with van der Waals surface area (Å²) in [6.07, 6.45) is 0.624. The number of nitrogens with one attached hydrogen (secondary N) is 1. The zero-order valence-corrected chi connectivity index (χ0v) is 14.5. The number of hydrogen-bond donors (Lipinski definition) is 1. The van der Waals surface area contributed by atoms with Crippen molar-refractivity contribution >= 4 is 27.3 Å². The third-order valence-corrected chi connectivity index (χ3v) is 6.06. The van der Waals surface area contributed by atoms with E-state index in [1.165, 1.54) is 11.3 Å². The molecule has 1 aromatic rings. The summed E-state index contributed by atoms with van der Waals surface area (Å²) < 4.78 is 25.7. The monoisotopic (exact) mass is 345 g/mol. The molecule has 0 bridgehead atoms. The fourth-order valence-electron chi connectivity index (χ4n) is 2.43. The van der Waals surface area contributed by atoms with Crippen LogP contribution < -0.4 is 4.72 Å². The van der Waals surface area contributed by atoms with E-state index in [2.05, 4.69) is 9.62 Å². The number of amides is 1. The summed E-state index contributed by atoms with van der Waals surface area (Å²) in [5.41, 5.74) is 0. The van der Waals surface area contributed by atoms with Crippen LogP contribution in [0, 0.1) is 0 Å². The molecule has 22 heavy (non-hydrogen) atoms. The van der Waals surface area contributed by atoms with E-state index >= 15 is 0 Å². The zero-order chi connectivity index (χ0) is 16.0. The summed E-state index contributed by atoms with van der Waals surface area (Å²) in [6, 6.07) is 3.73. The van der Waals surface area contributed by atoms with Crippen molar-refractivity contribution in [3.63, 3.8) is 0 Å². The molecule has 0 aromatic carbocycles. The van der Waals surface area contributed by atoms with Gasteiger partial charge in [0.05, 0.1) is 10.6 Å². The SMILES string of the molecule is CCCS(=O)(=O)NCCN1CCN(C(=O)c2cccs2)CC1.